The zero-order valence-electron chi connectivity index (χ0n) is 5.81. The maximum atomic E-state index is 7.18. The quantitative estimate of drug-likeness (QED) is 0.445. The molecule has 0 aliphatic carbocycles. The molecule has 38 valence electrons. The Morgan fingerprint density at radius 2 is 2.71 bits per heavy atom. The van der Waals surface area contributed by atoms with Gasteiger partial charge in [-0.05, 0) is 18.3 Å². The van der Waals surface area contributed by atoms with Gasteiger partial charge in [0.25, 0.3) is 0 Å². The van der Waals surface area contributed by atoms with Crippen molar-refractivity contribution in [2.45, 2.75) is 6.14 Å². The number of hydrogen-bond acceptors (Lipinski definition) is 2. The monoisotopic (exact) mass is 98.1 g/mol. The van der Waals surface area contributed by atoms with Crippen molar-refractivity contribution in [3.05, 3.63) is 24.4 Å². The van der Waals surface area contributed by atoms with Gasteiger partial charge in [0.15, 0.2) is 0 Å². The lowest BCUT2D eigenvalue weighted by molar-refractivity contribution is 0.727. The highest BCUT2D eigenvalue weighted by atomic mass is 15.0. The summed E-state index contributed by atoms with van der Waals surface area (Å²) < 4.78 is 14.2. The summed E-state index contributed by atoms with van der Waals surface area (Å²) in [7, 11) is 0. The van der Waals surface area contributed by atoms with Gasteiger partial charge < -0.3 is 11.1 Å². The molecular formula is C5H8N2. The van der Waals surface area contributed by atoms with Crippen molar-refractivity contribution in [1.82, 2.24) is 5.32 Å². The van der Waals surface area contributed by atoms with Crippen LogP contribution in [0.3, 0.4) is 0 Å². The lowest BCUT2D eigenvalue weighted by Crippen LogP contribution is -2.32. The number of rotatable bonds is 0. The molecule has 0 saturated heterocycles. The van der Waals surface area contributed by atoms with Crippen molar-refractivity contribution >= 4 is 0 Å². The van der Waals surface area contributed by atoms with Gasteiger partial charge in [0.1, 0.15) is 0 Å². The predicted molar refractivity (Wildman–Crippen MR) is 29.4 cm³/mol. The van der Waals surface area contributed by atoms with Gasteiger partial charge in [-0.3, -0.25) is 0 Å². The van der Waals surface area contributed by atoms with Gasteiger partial charge in [-0.15, -0.1) is 0 Å². The van der Waals surface area contributed by atoms with E-state index in [4.69, 9.17) is 8.48 Å². The second kappa shape index (κ2) is 1.80. The Kier molecular flexibility index (Phi) is 0.648. The molecule has 0 aromatic carbocycles. The van der Waals surface area contributed by atoms with Crippen LogP contribution in [0.4, 0.5) is 0 Å². The topological polar surface area (TPSA) is 38.0 Å². The molecule has 1 aliphatic rings. The Bertz CT molecular complexity index is 172. The smallest absolute Gasteiger partial charge is 0.0934 e. The molecule has 3 N–H and O–H groups in total. The van der Waals surface area contributed by atoms with Crippen LogP contribution < -0.4 is 11.1 Å². The van der Waals surface area contributed by atoms with E-state index in [9.17, 15) is 0 Å². The molecule has 0 bridgehead atoms. The molecule has 1 unspecified atom stereocenters. The molecule has 1 atom stereocenters. The van der Waals surface area contributed by atoms with E-state index in [2.05, 4.69) is 5.32 Å². The van der Waals surface area contributed by atoms with E-state index in [1.165, 1.54) is 6.08 Å². The Balaban J connectivity index is 2.73. The maximum Gasteiger partial charge on any atom is 0.0934 e. The standard InChI is InChI=1S/C5H8N2/c6-5-3-1-2-4-7-5/h1-5,7H,6H2/i4D,5D. The largest absolute Gasteiger partial charge is 0.373 e. The molecule has 0 spiro atoms. The van der Waals surface area contributed by atoms with Crippen molar-refractivity contribution in [3.63, 3.8) is 0 Å². The normalized spacial score (nSPS) is 43.3. The molecule has 2 heteroatoms. The molecule has 1 heterocycles. The van der Waals surface area contributed by atoms with Crippen molar-refractivity contribution in [1.29, 1.82) is 0 Å². The van der Waals surface area contributed by atoms with Crippen molar-refractivity contribution < 1.29 is 2.74 Å². The van der Waals surface area contributed by atoms with Crippen LogP contribution in [-0.2, 0) is 0 Å². The molecule has 0 aromatic rings. The lowest BCUT2D eigenvalue weighted by Gasteiger charge is -2.07. The first-order valence-electron chi connectivity index (χ1n) is 3.03. The Hall–Kier alpha value is -0.760. The molecule has 0 aromatic heterocycles. The zero-order chi connectivity index (χ0) is 6.91. The van der Waals surface area contributed by atoms with Crippen molar-refractivity contribution in [3.8, 4) is 0 Å². The van der Waals surface area contributed by atoms with E-state index in [0.29, 0.717) is 0 Å². The fourth-order valence-electron chi connectivity index (χ4n) is 0.367. The average Bonchev–Trinajstić information content (AvgIpc) is 1.60. The third-order valence-corrected chi connectivity index (χ3v) is 0.672. The Morgan fingerprint density at radius 3 is 3.14 bits per heavy atom. The SMILES string of the molecule is [2H]C1=CC=CC([2H])(N)N1. The number of hydrogen-bond donors (Lipinski definition) is 2. The minimum atomic E-state index is -1.29. The van der Waals surface area contributed by atoms with E-state index >= 15 is 0 Å². The summed E-state index contributed by atoms with van der Waals surface area (Å²) in [6.07, 6.45) is 3.50. The van der Waals surface area contributed by atoms with Crippen molar-refractivity contribution in [2.75, 3.05) is 0 Å². The molecule has 7 heavy (non-hydrogen) atoms. The summed E-state index contributed by atoms with van der Waals surface area (Å²) in [6, 6.07) is 0. The summed E-state index contributed by atoms with van der Waals surface area (Å²) in [5.41, 5.74) is 5.28. The highest BCUT2D eigenvalue weighted by Gasteiger charge is 1.90. The molecular weight excluding hydrogens is 88.1 g/mol. The van der Waals surface area contributed by atoms with E-state index in [1.54, 1.807) is 12.2 Å². The number of nitrogens with two attached hydrogens (primary N) is 1. The van der Waals surface area contributed by atoms with Gasteiger partial charge in [-0.25, -0.2) is 0 Å². The highest BCUT2D eigenvalue weighted by molar-refractivity contribution is 5.10. The first kappa shape index (κ1) is 2.52. The maximum absolute atomic E-state index is 7.18. The van der Waals surface area contributed by atoms with Gasteiger partial charge in [-0.1, -0.05) is 6.08 Å². The molecule has 0 fully saturated rings. The van der Waals surface area contributed by atoms with Crippen LogP contribution in [-0.4, -0.2) is 6.14 Å². The van der Waals surface area contributed by atoms with Gasteiger partial charge in [-0.2, -0.15) is 0 Å². The van der Waals surface area contributed by atoms with Gasteiger partial charge >= 0.3 is 0 Å². The van der Waals surface area contributed by atoms with Gasteiger partial charge in [0.2, 0.25) is 0 Å². The van der Waals surface area contributed by atoms with Crippen LogP contribution >= 0.6 is 0 Å². The highest BCUT2D eigenvalue weighted by Crippen LogP contribution is 1.84. The fraction of sp³-hybridized carbons (Fsp3) is 0.200. The number of nitrogens with one attached hydrogen (secondary N) is 1. The molecule has 1 rings (SSSR count). The predicted octanol–water partition coefficient (Wildman–Crippen LogP) is -0.0557. The molecule has 1 aliphatic heterocycles. The molecule has 0 radical (unpaired) electrons. The van der Waals surface area contributed by atoms with E-state index < -0.39 is 6.14 Å². The first-order chi connectivity index (χ1) is 4.10. The Morgan fingerprint density at radius 1 is 1.86 bits per heavy atom. The van der Waals surface area contributed by atoms with Crippen molar-refractivity contribution in [2.24, 2.45) is 5.73 Å². The second-order valence-electron chi connectivity index (χ2n) is 1.25. The van der Waals surface area contributed by atoms with E-state index in [-0.39, 0.29) is 6.18 Å². The summed E-state index contributed by atoms with van der Waals surface area (Å²) in [6.45, 7) is 0. The third-order valence-electron chi connectivity index (χ3n) is 0.672. The number of allylic oxidation sites excluding steroid dienone is 2. The summed E-state index contributed by atoms with van der Waals surface area (Å²) >= 11 is 0. The van der Waals surface area contributed by atoms with Crippen LogP contribution in [0.15, 0.2) is 24.4 Å². The fourth-order valence-corrected chi connectivity index (χ4v) is 0.367. The van der Waals surface area contributed by atoms with Crippen LogP contribution in [0.2, 0.25) is 0 Å². The second-order valence-corrected chi connectivity index (χ2v) is 1.25. The molecule has 0 amide bonds. The van der Waals surface area contributed by atoms with Gasteiger partial charge in [0.05, 0.1) is 8.88 Å². The third kappa shape index (κ3) is 1.05. The van der Waals surface area contributed by atoms with E-state index in [0.717, 1.165) is 0 Å². The summed E-state index contributed by atoms with van der Waals surface area (Å²) in [5.74, 6) is 0. The lowest BCUT2D eigenvalue weighted by atomic mass is 10.3. The minimum absolute atomic E-state index is 0.176. The Labute approximate surface area is 45.5 Å². The van der Waals surface area contributed by atoms with Crippen LogP contribution in [0, 0.1) is 0 Å². The first-order valence-corrected chi connectivity index (χ1v) is 2.03. The van der Waals surface area contributed by atoms with Crippen LogP contribution in [0.5, 0.6) is 0 Å². The van der Waals surface area contributed by atoms with Gasteiger partial charge in [0, 0.05) is 0 Å². The average molecular weight is 98.1 g/mol. The number of dihydropyridines is 1. The van der Waals surface area contributed by atoms with Crippen LogP contribution in [0.1, 0.15) is 2.74 Å². The zero-order valence-corrected chi connectivity index (χ0v) is 3.81. The summed E-state index contributed by atoms with van der Waals surface area (Å²) in [5, 5.41) is 2.44. The van der Waals surface area contributed by atoms with Crippen LogP contribution in [0.25, 0.3) is 0 Å². The molecule has 0 saturated carbocycles. The minimum Gasteiger partial charge on any atom is -0.373 e. The summed E-state index contributed by atoms with van der Waals surface area (Å²) in [4.78, 5) is 0. The van der Waals surface area contributed by atoms with E-state index in [1.807, 2.05) is 0 Å². The molecule has 2 nitrogen and oxygen atoms in total.